The molecule has 17 heavy (non-hydrogen) atoms. The molecule has 0 atom stereocenters. The van der Waals surface area contributed by atoms with E-state index in [-0.39, 0.29) is 10.6 Å². The minimum Gasteiger partial charge on any atom is -0.540 e. The molecule has 1 amide bonds. The van der Waals surface area contributed by atoms with Crippen LogP contribution in [0.3, 0.4) is 0 Å². The van der Waals surface area contributed by atoms with E-state index in [4.69, 9.17) is 0 Å². The number of ether oxygens (including phenoxy) is 1. The zero-order chi connectivity index (χ0) is 13.2. The van der Waals surface area contributed by atoms with E-state index in [9.17, 15) is 19.5 Å². The third-order valence-corrected chi connectivity index (χ3v) is 3.31. The first-order chi connectivity index (χ1) is 7.88. The Morgan fingerprint density at radius 1 is 1.29 bits per heavy atom. The van der Waals surface area contributed by atoms with Gasteiger partial charge in [0, 0.05) is 4.88 Å². The van der Waals surface area contributed by atoms with E-state index >= 15 is 0 Å². The van der Waals surface area contributed by atoms with Gasteiger partial charge in [-0.25, -0.2) is 4.79 Å². The summed E-state index contributed by atoms with van der Waals surface area (Å²) in [5, 5.41) is 12.6. The van der Waals surface area contributed by atoms with Crippen molar-refractivity contribution < 1.29 is 24.2 Å². The number of thiophene rings is 1. The van der Waals surface area contributed by atoms with Crippen molar-refractivity contribution in [3.8, 4) is 0 Å². The molecule has 0 radical (unpaired) electrons. The van der Waals surface area contributed by atoms with Gasteiger partial charge in [-0.1, -0.05) is 0 Å². The van der Waals surface area contributed by atoms with Crippen LogP contribution >= 0.6 is 11.3 Å². The Hall–Kier alpha value is -1.89. The Kier molecular flexibility index (Phi) is 3.84. The van der Waals surface area contributed by atoms with Gasteiger partial charge in [-0.05, 0) is 19.4 Å². The molecule has 0 aliphatic carbocycles. The van der Waals surface area contributed by atoms with Gasteiger partial charge in [0.2, 0.25) is 0 Å². The molecule has 6 nitrogen and oxygen atoms in total. The number of methoxy groups -OCH3 is 1. The normalized spacial score (nSPS) is 9.82. The molecule has 0 aliphatic rings. The van der Waals surface area contributed by atoms with E-state index in [0.29, 0.717) is 5.56 Å². The van der Waals surface area contributed by atoms with Crippen LogP contribution in [-0.2, 0) is 14.3 Å². The zero-order valence-electron chi connectivity index (χ0n) is 9.45. The Bertz CT molecular complexity index is 491. The number of hydrogen-bond donors (Lipinski definition) is 1. The lowest BCUT2D eigenvalue weighted by Gasteiger charge is -2.06. The second kappa shape index (κ2) is 4.96. The Labute approximate surface area is 101 Å². The number of esters is 1. The molecule has 0 bridgehead atoms. The van der Waals surface area contributed by atoms with Crippen molar-refractivity contribution in [1.29, 1.82) is 0 Å². The predicted octanol–water partition coefficient (Wildman–Crippen LogP) is -0.160. The molecule has 1 aromatic rings. The number of carbonyl (C=O) groups is 3. The van der Waals surface area contributed by atoms with Gasteiger partial charge in [-0.3, -0.25) is 4.79 Å². The fourth-order valence-electron chi connectivity index (χ4n) is 1.22. The smallest absolute Gasteiger partial charge is 0.341 e. The largest absolute Gasteiger partial charge is 0.540 e. The summed E-state index contributed by atoms with van der Waals surface area (Å²) in [5.74, 6) is -3.78. The van der Waals surface area contributed by atoms with Crippen molar-refractivity contribution >= 4 is 34.2 Å². The number of aryl methyl sites for hydroxylation is 1. The van der Waals surface area contributed by atoms with E-state index in [1.165, 1.54) is 7.11 Å². The molecule has 0 unspecified atom stereocenters. The van der Waals surface area contributed by atoms with Crippen LogP contribution in [0.5, 0.6) is 0 Å². The van der Waals surface area contributed by atoms with Gasteiger partial charge in [0.15, 0.2) is 0 Å². The number of amides is 1. The van der Waals surface area contributed by atoms with Crippen LogP contribution in [0.1, 0.15) is 20.8 Å². The molecule has 7 heteroatoms. The second-order valence-corrected chi connectivity index (χ2v) is 4.45. The molecular weight excluding hydrogens is 246 g/mol. The van der Waals surface area contributed by atoms with Gasteiger partial charge in [0.1, 0.15) is 11.0 Å². The lowest BCUT2D eigenvalue weighted by atomic mass is 10.1. The monoisotopic (exact) mass is 256 g/mol. The third kappa shape index (κ3) is 2.62. The average molecular weight is 256 g/mol. The fraction of sp³-hybridized carbons (Fsp3) is 0.300. The number of rotatable bonds is 2. The summed E-state index contributed by atoms with van der Waals surface area (Å²) in [6.45, 7) is 3.44. The van der Waals surface area contributed by atoms with E-state index < -0.39 is 17.8 Å². The summed E-state index contributed by atoms with van der Waals surface area (Å²) < 4.78 is 4.57. The predicted molar refractivity (Wildman–Crippen MR) is 58.8 cm³/mol. The maximum Gasteiger partial charge on any atom is 0.341 e. The Morgan fingerprint density at radius 2 is 1.88 bits per heavy atom. The van der Waals surface area contributed by atoms with Crippen molar-refractivity contribution in [1.82, 2.24) is 0 Å². The molecule has 92 valence electrons. The van der Waals surface area contributed by atoms with Crippen molar-refractivity contribution in [2.75, 3.05) is 12.4 Å². The van der Waals surface area contributed by atoms with Gasteiger partial charge < -0.3 is 20.0 Å². The minimum atomic E-state index is -1.86. The van der Waals surface area contributed by atoms with Crippen LogP contribution in [0.15, 0.2) is 0 Å². The van der Waals surface area contributed by atoms with Crippen LogP contribution < -0.4 is 10.4 Å². The molecular formula is C10H10NO5S-. The number of nitrogens with one attached hydrogen (secondary N) is 1. The lowest BCUT2D eigenvalue weighted by Crippen LogP contribution is -2.36. The first kappa shape index (κ1) is 13.2. The van der Waals surface area contributed by atoms with Crippen LogP contribution in [0.25, 0.3) is 0 Å². The third-order valence-electron chi connectivity index (χ3n) is 2.19. The number of carboxylic acids is 1. The summed E-state index contributed by atoms with van der Waals surface area (Å²) in [6, 6.07) is 0. The van der Waals surface area contributed by atoms with Crippen molar-refractivity contribution in [3.05, 3.63) is 16.0 Å². The standard InChI is InChI=1S/C10H11NO5S/c1-4-5(2)17-8(6(4)10(15)16-3)11-7(12)9(13)14/h1-3H3,(H,11,12)(H,13,14)/p-1. The van der Waals surface area contributed by atoms with E-state index in [1.54, 1.807) is 13.8 Å². The van der Waals surface area contributed by atoms with Crippen LogP contribution in [-0.4, -0.2) is 25.0 Å². The number of aliphatic carboxylic acids is 1. The lowest BCUT2D eigenvalue weighted by molar-refractivity contribution is -0.299. The van der Waals surface area contributed by atoms with Crippen LogP contribution in [0, 0.1) is 13.8 Å². The zero-order valence-corrected chi connectivity index (χ0v) is 10.3. The highest BCUT2D eigenvalue weighted by Crippen LogP contribution is 2.32. The van der Waals surface area contributed by atoms with E-state index in [0.717, 1.165) is 16.2 Å². The Morgan fingerprint density at radius 3 is 2.35 bits per heavy atom. The number of anilines is 1. The molecule has 1 heterocycles. The Balaban J connectivity index is 3.16. The number of carboxylic acid groups (broad SMARTS) is 1. The average Bonchev–Trinajstić information content (AvgIpc) is 2.53. The first-order valence-electron chi connectivity index (χ1n) is 4.59. The molecule has 0 saturated heterocycles. The first-order valence-corrected chi connectivity index (χ1v) is 5.40. The van der Waals surface area contributed by atoms with Crippen molar-refractivity contribution in [2.24, 2.45) is 0 Å². The van der Waals surface area contributed by atoms with Gasteiger partial charge in [0.25, 0.3) is 5.91 Å². The molecule has 0 spiro atoms. The molecule has 1 aromatic heterocycles. The van der Waals surface area contributed by atoms with Gasteiger partial charge in [-0.15, -0.1) is 11.3 Å². The van der Waals surface area contributed by atoms with Crippen LogP contribution in [0.4, 0.5) is 5.00 Å². The summed E-state index contributed by atoms with van der Waals surface area (Å²) in [7, 11) is 1.21. The maximum atomic E-state index is 11.5. The highest BCUT2D eigenvalue weighted by molar-refractivity contribution is 7.17. The van der Waals surface area contributed by atoms with E-state index in [2.05, 4.69) is 10.1 Å². The molecule has 1 rings (SSSR count). The van der Waals surface area contributed by atoms with Crippen molar-refractivity contribution in [2.45, 2.75) is 13.8 Å². The summed E-state index contributed by atoms with van der Waals surface area (Å²) in [4.78, 5) is 33.6. The topological polar surface area (TPSA) is 95.5 Å². The van der Waals surface area contributed by atoms with Gasteiger partial charge in [-0.2, -0.15) is 0 Å². The fourth-order valence-corrected chi connectivity index (χ4v) is 2.26. The molecule has 0 aromatic carbocycles. The quantitative estimate of drug-likeness (QED) is 0.586. The highest BCUT2D eigenvalue weighted by atomic mass is 32.1. The molecule has 0 fully saturated rings. The summed E-state index contributed by atoms with van der Waals surface area (Å²) in [6.07, 6.45) is 0. The maximum absolute atomic E-state index is 11.5. The number of carbonyl (C=O) groups excluding carboxylic acids is 3. The van der Waals surface area contributed by atoms with Gasteiger partial charge in [0.05, 0.1) is 12.7 Å². The molecule has 0 aliphatic heterocycles. The second-order valence-electron chi connectivity index (χ2n) is 3.22. The summed E-state index contributed by atoms with van der Waals surface area (Å²) in [5.41, 5.74) is 0.820. The SMILES string of the molecule is COC(=O)c1c(NC(=O)C(=O)[O-])sc(C)c1C. The van der Waals surface area contributed by atoms with Gasteiger partial charge >= 0.3 is 5.97 Å². The summed E-state index contributed by atoms with van der Waals surface area (Å²) >= 11 is 1.11. The van der Waals surface area contributed by atoms with Crippen molar-refractivity contribution in [3.63, 3.8) is 0 Å². The highest BCUT2D eigenvalue weighted by Gasteiger charge is 2.21. The van der Waals surface area contributed by atoms with Crippen LogP contribution in [0.2, 0.25) is 0 Å². The molecule has 0 saturated carbocycles. The van der Waals surface area contributed by atoms with E-state index in [1.807, 2.05) is 0 Å². The number of hydrogen-bond acceptors (Lipinski definition) is 6. The molecule has 1 N–H and O–H groups in total. The minimum absolute atomic E-state index is 0.154.